The first-order valence-electron chi connectivity index (χ1n) is 10.1. The molecule has 1 N–H and O–H groups in total. The van der Waals surface area contributed by atoms with Crippen LogP contribution in [0.25, 0.3) is 0 Å². The van der Waals surface area contributed by atoms with E-state index in [1.807, 2.05) is 17.0 Å². The highest BCUT2D eigenvalue weighted by molar-refractivity contribution is 6.31. The van der Waals surface area contributed by atoms with Crippen LogP contribution in [0.4, 0.5) is 4.39 Å². The zero-order valence-electron chi connectivity index (χ0n) is 17.3. The lowest BCUT2D eigenvalue weighted by Crippen LogP contribution is -2.56. The molecular formula is C23H27ClFN3O2. The zero-order chi connectivity index (χ0) is 21.7. The van der Waals surface area contributed by atoms with Crippen molar-refractivity contribution in [2.24, 2.45) is 0 Å². The Morgan fingerprint density at radius 2 is 1.93 bits per heavy atom. The van der Waals surface area contributed by atoms with Crippen molar-refractivity contribution >= 4 is 23.4 Å². The lowest BCUT2D eigenvalue weighted by Gasteiger charge is -2.35. The van der Waals surface area contributed by atoms with Crippen molar-refractivity contribution in [3.05, 3.63) is 70.0 Å². The number of hydrogen-bond donors (Lipinski definition) is 1. The first-order chi connectivity index (χ1) is 14.4. The second-order valence-corrected chi connectivity index (χ2v) is 8.04. The molecule has 5 nitrogen and oxygen atoms in total. The number of benzene rings is 2. The summed E-state index contributed by atoms with van der Waals surface area (Å²) in [7, 11) is 1.75. The number of piperazine rings is 1. The molecule has 1 fully saturated rings. The number of carbonyl (C=O) groups excluding carboxylic acids is 2. The first-order valence-corrected chi connectivity index (χ1v) is 10.5. The summed E-state index contributed by atoms with van der Waals surface area (Å²) in [5.74, 6) is -0.680. The summed E-state index contributed by atoms with van der Waals surface area (Å²) in [5.41, 5.74) is 3.03. The van der Waals surface area contributed by atoms with Crippen LogP contribution in [0.2, 0.25) is 5.02 Å². The van der Waals surface area contributed by atoms with E-state index in [0.717, 1.165) is 17.5 Å². The van der Waals surface area contributed by atoms with Gasteiger partial charge in [0.2, 0.25) is 11.8 Å². The topological polar surface area (TPSA) is 52.7 Å². The van der Waals surface area contributed by atoms with E-state index >= 15 is 0 Å². The minimum atomic E-state index is -0.586. The number of aryl methyl sites for hydroxylation is 1. The molecule has 160 valence electrons. The van der Waals surface area contributed by atoms with E-state index in [-0.39, 0.29) is 18.2 Å². The van der Waals surface area contributed by atoms with Crippen molar-refractivity contribution in [2.45, 2.75) is 38.9 Å². The minimum Gasteiger partial charge on any atom is -0.353 e. The fourth-order valence-electron chi connectivity index (χ4n) is 3.61. The normalized spacial score (nSPS) is 16.9. The van der Waals surface area contributed by atoms with Crippen molar-refractivity contribution < 1.29 is 14.0 Å². The molecule has 0 aliphatic carbocycles. The van der Waals surface area contributed by atoms with E-state index in [0.29, 0.717) is 31.2 Å². The molecule has 1 unspecified atom stereocenters. The van der Waals surface area contributed by atoms with Gasteiger partial charge in [-0.25, -0.2) is 4.39 Å². The molecule has 1 saturated heterocycles. The lowest BCUT2D eigenvalue weighted by molar-refractivity contribution is -0.138. The highest BCUT2D eigenvalue weighted by Crippen LogP contribution is 2.22. The van der Waals surface area contributed by atoms with Crippen LogP contribution in [0, 0.1) is 5.82 Å². The van der Waals surface area contributed by atoms with Crippen molar-refractivity contribution in [3.63, 3.8) is 0 Å². The van der Waals surface area contributed by atoms with Gasteiger partial charge in [0.25, 0.3) is 0 Å². The summed E-state index contributed by atoms with van der Waals surface area (Å²) < 4.78 is 13.3. The van der Waals surface area contributed by atoms with Gasteiger partial charge in [-0.2, -0.15) is 0 Å². The Labute approximate surface area is 181 Å². The van der Waals surface area contributed by atoms with Crippen molar-refractivity contribution in [2.75, 3.05) is 20.1 Å². The van der Waals surface area contributed by atoms with E-state index in [2.05, 4.69) is 24.4 Å². The van der Waals surface area contributed by atoms with Crippen LogP contribution in [0.15, 0.2) is 42.5 Å². The fraction of sp³-hybridized carbons (Fsp3) is 0.391. The molecule has 0 saturated carbocycles. The summed E-state index contributed by atoms with van der Waals surface area (Å²) in [5, 5.41) is 3.15. The van der Waals surface area contributed by atoms with Gasteiger partial charge in [0.05, 0.1) is 12.5 Å². The number of nitrogens with one attached hydrogen (secondary N) is 1. The van der Waals surface area contributed by atoms with E-state index in [9.17, 15) is 14.0 Å². The van der Waals surface area contributed by atoms with Crippen molar-refractivity contribution in [3.8, 4) is 0 Å². The Hall–Kier alpha value is -2.44. The largest absolute Gasteiger partial charge is 0.353 e. The van der Waals surface area contributed by atoms with E-state index < -0.39 is 11.9 Å². The van der Waals surface area contributed by atoms with Crippen LogP contribution in [0.3, 0.4) is 0 Å². The van der Waals surface area contributed by atoms with E-state index in [4.69, 9.17) is 11.6 Å². The molecule has 0 bridgehead atoms. The molecule has 1 heterocycles. The average Bonchev–Trinajstić information content (AvgIpc) is 2.73. The third-order valence-corrected chi connectivity index (χ3v) is 5.83. The van der Waals surface area contributed by atoms with Gasteiger partial charge in [-0.1, -0.05) is 48.9 Å². The number of hydrogen-bond acceptors (Lipinski definition) is 3. The predicted molar refractivity (Wildman–Crippen MR) is 116 cm³/mol. The zero-order valence-corrected chi connectivity index (χ0v) is 18.1. The Morgan fingerprint density at radius 3 is 2.60 bits per heavy atom. The van der Waals surface area contributed by atoms with Crippen LogP contribution < -0.4 is 5.32 Å². The number of amides is 2. The fourth-order valence-corrected chi connectivity index (χ4v) is 3.83. The van der Waals surface area contributed by atoms with Gasteiger partial charge in [0, 0.05) is 38.2 Å². The summed E-state index contributed by atoms with van der Waals surface area (Å²) in [4.78, 5) is 28.9. The lowest BCUT2D eigenvalue weighted by atomic mass is 10.1. The monoisotopic (exact) mass is 431 g/mol. The third kappa shape index (κ3) is 5.58. The average molecular weight is 432 g/mol. The Balaban J connectivity index is 1.66. The van der Waals surface area contributed by atoms with Gasteiger partial charge >= 0.3 is 0 Å². The molecule has 0 spiro atoms. The van der Waals surface area contributed by atoms with Crippen molar-refractivity contribution in [1.29, 1.82) is 0 Å². The number of rotatable bonds is 7. The van der Waals surface area contributed by atoms with Gasteiger partial charge < -0.3 is 10.2 Å². The van der Waals surface area contributed by atoms with Crippen LogP contribution in [-0.2, 0) is 29.1 Å². The predicted octanol–water partition coefficient (Wildman–Crippen LogP) is 3.39. The maximum absolute atomic E-state index is 13.3. The molecule has 1 aliphatic rings. The van der Waals surface area contributed by atoms with Gasteiger partial charge in [0.15, 0.2) is 0 Å². The molecule has 7 heteroatoms. The molecule has 2 aromatic carbocycles. The maximum Gasteiger partial charge on any atom is 0.237 e. The van der Waals surface area contributed by atoms with E-state index in [1.54, 1.807) is 18.0 Å². The van der Waals surface area contributed by atoms with Crippen LogP contribution in [0.5, 0.6) is 0 Å². The second kappa shape index (κ2) is 10.0. The van der Waals surface area contributed by atoms with Gasteiger partial charge in [0.1, 0.15) is 5.82 Å². The molecule has 1 atom stereocenters. The summed E-state index contributed by atoms with van der Waals surface area (Å²) in [6.07, 6.45) is 1.05. The van der Waals surface area contributed by atoms with Gasteiger partial charge in [-0.15, -0.1) is 0 Å². The molecule has 3 rings (SSSR count). The first kappa shape index (κ1) is 22.2. The Morgan fingerprint density at radius 1 is 1.23 bits per heavy atom. The highest BCUT2D eigenvalue weighted by atomic mass is 35.5. The molecule has 0 aromatic heterocycles. The van der Waals surface area contributed by atoms with Gasteiger partial charge in [-0.05, 0) is 35.2 Å². The van der Waals surface area contributed by atoms with Crippen LogP contribution >= 0.6 is 11.6 Å². The SMILES string of the molecule is CCc1ccc(CN(C)C(=O)CC2C(=O)NCCN2Cc2ccc(F)cc2Cl)cc1. The minimum absolute atomic E-state index is 0.0776. The molecule has 30 heavy (non-hydrogen) atoms. The van der Waals surface area contributed by atoms with Gasteiger partial charge in [-0.3, -0.25) is 14.5 Å². The quantitative estimate of drug-likeness (QED) is 0.731. The molecular weight excluding hydrogens is 405 g/mol. The van der Waals surface area contributed by atoms with Crippen molar-refractivity contribution in [1.82, 2.24) is 15.1 Å². The van der Waals surface area contributed by atoms with E-state index in [1.165, 1.54) is 17.7 Å². The van der Waals surface area contributed by atoms with Crippen LogP contribution in [-0.4, -0.2) is 47.8 Å². The second-order valence-electron chi connectivity index (χ2n) is 7.64. The molecule has 0 radical (unpaired) electrons. The standard InChI is InChI=1S/C23H27ClFN3O2/c1-3-16-4-6-17(7-5-16)14-27(2)22(29)13-21-23(30)26-10-11-28(21)15-18-8-9-19(25)12-20(18)24/h4-9,12,21H,3,10-11,13-15H2,1-2H3,(H,26,30). The Kier molecular flexibility index (Phi) is 7.45. The summed E-state index contributed by atoms with van der Waals surface area (Å²) in [6, 6.07) is 11.8. The number of halogens is 2. The summed E-state index contributed by atoms with van der Waals surface area (Å²) >= 11 is 6.16. The molecule has 2 aromatic rings. The molecule has 2 amide bonds. The highest BCUT2D eigenvalue weighted by Gasteiger charge is 2.32. The molecule has 1 aliphatic heterocycles. The smallest absolute Gasteiger partial charge is 0.237 e. The third-order valence-electron chi connectivity index (χ3n) is 5.47. The Bertz CT molecular complexity index is 904. The number of nitrogens with zero attached hydrogens (tertiary/aromatic N) is 2. The maximum atomic E-state index is 13.3. The number of carbonyl (C=O) groups is 2. The summed E-state index contributed by atoms with van der Waals surface area (Å²) in [6.45, 7) is 4.07. The van der Waals surface area contributed by atoms with Crippen LogP contribution in [0.1, 0.15) is 30.0 Å².